The maximum Gasteiger partial charge on any atom is 0.178 e. The molecule has 0 bridgehead atoms. The number of fused-ring (bicyclic) bond motifs is 1. The summed E-state index contributed by atoms with van der Waals surface area (Å²) in [5.74, 6) is 1.57. The molecule has 2 aromatic heterocycles. The number of hydrogen-bond donors (Lipinski definition) is 0. The van der Waals surface area contributed by atoms with Gasteiger partial charge < -0.3 is 4.90 Å². The maximum atomic E-state index is 14.0. The highest BCUT2D eigenvalue weighted by molar-refractivity contribution is 5.46. The topological polar surface area (TPSA) is 49.6 Å². The second-order valence-corrected chi connectivity index (χ2v) is 6.43. The van der Waals surface area contributed by atoms with Crippen molar-refractivity contribution >= 4 is 11.5 Å². The van der Waals surface area contributed by atoms with Crippen molar-refractivity contribution in [3.63, 3.8) is 0 Å². The predicted molar refractivity (Wildman–Crippen MR) is 94.1 cm³/mol. The molecule has 1 aliphatic rings. The van der Waals surface area contributed by atoms with Crippen molar-refractivity contribution < 1.29 is 4.39 Å². The van der Waals surface area contributed by atoms with Gasteiger partial charge in [-0.1, -0.05) is 18.2 Å². The van der Waals surface area contributed by atoms with Crippen LogP contribution in [0.3, 0.4) is 0 Å². The number of nitrogens with zero attached hydrogens (tertiary/aromatic N) is 6. The first-order chi connectivity index (χ1) is 12.1. The molecule has 0 saturated carbocycles. The molecular formula is C18H21FN6. The smallest absolute Gasteiger partial charge is 0.178 e. The second kappa shape index (κ2) is 6.40. The molecular weight excluding hydrogens is 319 g/mol. The molecule has 0 radical (unpaired) electrons. The van der Waals surface area contributed by atoms with E-state index in [4.69, 9.17) is 0 Å². The molecule has 0 aliphatic carbocycles. The largest absolute Gasteiger partial charge is 0.353 e. The van der Waals surface area contributed by atoms with Crippen LogP contribution in [-0.2, 0) is 0 Å². The van der Waals surface area contributed by atoms with E-state index in [-0.39, 0.29) is 11.9 Å². The van der Waals surface area contributed by atoms with E-state index in [1.54, 1.807) is 10.6 Å². The lowest BCUT2D eigenvalue weighted by molar-refractivity contribution is 0.194. The molecule has 1 atom stereocenters. The SMILES string of the molecule is Cc1nnc2ccc(N3CCN([C@H](C)c4ccccc4F)CC3)nn12. The molecule has 4 rings (SSSR count). The fourth-order valence-electron chi connectivity index (χ4n) is 3.40. The molecule has 0 unspecified atom stereocenters. The van der Waals surface area contributed by atoms with E-state index in [0.29, 0.717) is 0 Å². The maximum absolute atomic E-state index is 14.0. The number of benzene rings is 1. The molecule has 1 saturated heterocycles. The van der Waals surface area contributed by atoms with Gasteiger partial charge in [0.15, 0.2) is 11.5 Å². The Balaban J connectivity index is 1.47. The van der Waals surface area contributed by atoms with E-state index in [0.717, 1.165) is 49.0 Å². The van der Waals surface area contributed by atoms with Crippen molar-refractivity contribution in [2.75, 3.05) is 31.1 Å². The summed E-state index contributed by atoms with van der Waals surface area (Å²) < 4.78 is 15.8. The molecule has 6 nitrogen and oxygen atoms in total. The third-order valence-electron chi connectivity index (χ3n) is 4.95. The number of rotatable bonds is 3. The molecule has 1 fully saturated rings. The Kier molecular flexibility index (Phi) is 4.09. The van der Waals surface area contributed by atoms with Gasteiger partial charge in [-0.15, -0.1) is 15.3 Å². The van der Waals surface area contributed by atoms with E-state index >= 15 is 0 Å². The lowest BCUT2D eigenvalue weighted by Crippen LogP contribution is -2.47. The molecule has 0 N–H and O–H groups in total. The van der Waals surface area contributed by atoms with Gasteiger partial charge in [-0.25, -0.2) is 4.39 Å². The Morgan fingerprint density at radius 1 is 1.00 bits per heavy atom. The summed E-state index contributed by atoms with van der Waals surface area (Å²) in [6.45, 7) is 7.42. The number of aromatic nitrogens is 4. The Morgan fingerprint density at radius 3 is 2.52 bits per heavy atom. The summed E-state index contributed by atoms with van der Waals surface area (Å²) in [5.41, 5.74) is 1.52. The Morgan fingerprint density at radius 2 is 1.76 bits per heavy atom. The van der Waals surface area contributed by atoms with Crippen LogP contribution in [0.1, 0.15) is 24.4 Å². The fraction of sp³-hybridized carbons (Fsp3) is 0.389. The van der Waals surface area contributed by atoms with Crippen LogP contribution in [0, 0.1) is 12.7 Å². The van der Waals surface area contributed by atoms with Gasteiger partial charge in [0.05, 0.1) is 0 Å². The molecule has 25 heavy (non-hydrogen) atoms. The quantitative estimate of drug-likeness (QED) is 0.733. The van der Waals surface area contributed by atoms with Crippen molar-refractivity contribution in [2.24, 2.45) is 0 Å². The van der Waals surface area contributed by atoms with Crippen LogP contribution in [0.25, 0.3) is 5.65 Å². The van der Waals surface area contributed by atoms with Crippen LogP contribution < -0.4 is 4.90 Å². The predicted octanol–water partition coefficient (Wildman–Crippen LogP) is 2.46. The number of halogens is 1. The van der Waals surface area contributed by atoms with Gasteiger partial charge in [-0.2, -0.15) is 4.52 Å². The third-order valence-corrected chi connectivity index (χ3v) is 4.95. The number of aryl methyl sites for hydroxylation is 1. The number of hydrogen-bond acceptors (Lipinski definition) is 5. The highest BCUT2D eigenvalue weighted by Gasteiger charge is 2.24. The van der Waals surface area contributed by atoms with E-state index in [1.807, 2.05) is 31.2 Å². The molecule has 130 valence electrons. The zero-order chi connectivity index (χ0) is 17.4. The normalized spacial score (nSPS) is 17.2. The van der Waals surface area contributed by atoms with E-state index in [9.17, 15) is 4.39 Å². The van der Waals surface area contributed by atoms with Gasteiger partial charge in [0.1, 0.15) is 11.6 Å². The highest BCUT2D eigenvalue weighted by Crippen LogP contribution is 2.25. The van der Waals surface area contributed by atoms with E-state index < -0.39 is 0 Å². The van der Waals surface area contributed by atoms with Gasteiger partial charge in [-0.05, 0) is 32.0 Å². The van der Waals surface area contributed by atoms with Gasteiger partial charge in [0.25, 0.3) is 0 Å². The van der Waals surface area contributed by atoms with Crippen LogP contribution in [-0.4, -0.2) is 50.9 Å². The van der Waals surface area contributed by atoms with Crippen LogP contribution in [0.2, 0.25) is 0 Å². The third kappa shape index (κ3) is 2.95. The van der Waals surface area contributed by atoms with Gasteiger partial charge in [0, 0.05) is 37.8 Å². The standard InChI is InChI=1S/C18H21FN6/c1-13(15-5-3-4-6-16(15)19)23-9-11-24(12-10-23)18-8-7-17-21-20-14(2)25(17)22-18/h3-8,13H,9-12H2,1-2H3/t13-/m1/s1. The minimum Gasteiger partial charge on any atom is -0.353 e. The van der Waals surface area contributed by atoms with Gasteiger partial charge in [-0.3, -0.25) is 4.90 Å². The molecule has 3 heterocycles. The summed E-state index contributed by atoms with van der Waals surface area (Å²) in [4.78, 5) is 4.57. The summed E-state index contributed by atoms with van der Waals surface area (Å²) in [6.07, 6.45) is 0. The van der Waals surface area contributed by atoms with Crippen molar-refractivity contribution in [1.29, 1.82) is 0 Å². The van der Waals surface area contributed by atoms with Crippen molar-refractivity contribution in [3.8, 4) is 0 Å². The average Bonchev–Trinajstić information content (AvgIpc) is 3.02. The molecule has 1 aromatic carbocycles. The van der Waals surface area contributed by atoms with Crippen molar-refractivity contribution in [2.45, 2.75) is 19.9 Å². The van der Waals surface area contributed by atoms with Crippen molar-refractivity contribution in [1.82, 2.24) is 24.7 Å². The van der Waals surface area contributed by atoms with Crippen LogP contribution >= 0.6 is 0 Å². The van der Waals surface area contributed by atoms with Crippen LogP contribution in [0.5, 0.6) is 0 Å². The van der Waals surface area contributed by atoms with Gasteiger partial charge >= 0.3 is 0 Å². The summed E-state index contributed by atoms with van der Waals surface area (Å²) in [6, 6.07) is 11.0. The fourth-order valence-corrected chi connectivity index (χ4v) is 3.40. The first-order valence-corrected chi connectivity index (χ1v) is 8.56. The van der Waals surface area contributed by atoms with Gasteiger partial charge in [0.2, 0.25) is 0 Å². The van der Waals surface area contributed by atoms with E-state index in [2.05, 4.69) is 32.0 Å². The zero-order valence-corrected chi connectivity index (χ0v) is 14.4. The molecule has 0 spiro atoms. The second-order valence-electron chi connectivity index (χ2n) is 6.43. The highest BCUT2D eigenvalue weighted by atomic mass is 19.1. The lowest BCUT2D eigenvalue weighted by atomic mass is 10.1. The first kappa shape index (κ1) is 16.0. The molecule has 3 aromatic rings. The van der Waals surface area contributed by atoms with Crippen LogP contribution in [0.4, 0.5) is 10.2 Å². The van der Waals surface area contributed by atoms with Crippen LogP contribution in [0.15, 0.2) is 36.4 Å². The summed E-state index contributed by atoms with van der Waals surface area (Å²) in [7, 11) is 0. The molecule has 0 amide bonds. The Hall–Kier alpha value is -2.54. The Bertz CT molecular complexity index is 884. The van der Waals surface area contributed by atoms with Crippen molar-refractivity contribution in [3.05, 3.63) is 53.6 Å². The minimum atomic E-state index is -0.132. The molecule has 1 aliphatic heterocycles. The van der Waals surface area contributed by atoms with E-state index in [1.165, 1.54) is 6.07 Å². The zero-order valence-electron chi connectivity index (χ0n) is 14.4. The monoisotopic (exact) mass is 340 g/mol. The number of anilines is 1. The lowest BCUT2D eigenvalue weighted by Gasteiger charge is -2.38. The summed E-state index contributed by atoms with van der Waals surface area (Å²) >= 11 is 0. The Labute approximate surface area is 145 Å². The molecule has 7 heteroatoms. The minimum absolute atomic E-state index is 0.0684. The average molecular weight is 340 g/mol. The number of piperazine rings is 1. The first-order valence-electron chi connectivity index (χ1n) is 8.56. The summed E-state index contributed by atoms with van der Waals surface area (Å²) in [5, 5.41) is 12.8.